The van der Waals surface area contributed by atoms with Crippen LogP contribution in [0, 0.1) is 17.8 Å². The van der Waals surface area contributed by atoms with E-state index in [1.54, 1.807) is 0 Å². The quantitative estimate of drug-likeness (QED) is 0.808. The van der Waals surface area contributed by atoms with Gasteiger partial charge in [0.15, 0.2) is 0 Å². The second-order valence-electron chi connectivity index (χ2n) is 5.67. The fraction of sp³-hybridized carbons (Fsp3) is 0.923. The fourth-order valence-electron chi connectivity index (χ4n) is 3.47. The zero-order valence-electron chi connectivity index (χ0n) is 10.4. The second-order valence-corrected chi connectivity index (χ2v) is 5.67. The van der Waals surface area contributed by atoms with Crippen LogP contribution in [0.15, 0.2) is 0 Å². The van der Waals surface area contributed by atoms with Gasteiger partial charge in [0.2, 0.25) is 0 Å². The van der Waals surface area contributed by atoms with Gasteiger partial charge in [-0.15, -0.1) is 0 Å². The summed E-state index contributed by atoms with van der Waals surface area (Å²) in [5.74, 6) is -0.244. The largest absolute Gasteiger partial charge is 0.481 e. The van der Waals surface area contributed by atoms with Gasteiger partial charge in [-0.2, -0.15) is 0 Å². The Balaban J connectivity index is 2.00. The van der Waals surface area contributed by atoms with Gasteiger partial charge >= 0.3 is 5.97 Å². The Morgan fingerprint density at radius 2 is 1.88 bits per heavy atom. The Labute approximate surface area is 102 Å². The monoisotopic (exact) mass is 243 g/mol. The number of carboxylic acids is 1. The van der Waals surface area contributed by atoms with E-state index in [0.717, 1.165) is 25.8 Å². The lowest BCUT2D eigenvalue weighted by Gasteiger charge is -2.40. The van der Waals surface area contributed by atoms with Crippen LogP contribution in [0.4, 0.5) is 4.39 Å². The molecule has 3 nitrogen and oxygen atoms in total. The van der Waals surface area contributed by atoms with E-state index < -0.39 is 12.1 Å². The zero-order chi connectivity index (χ0) is 12.4. The molecule has 0 aromatic carbocycles. The van der Waals surface area contributed by atoms with E-state index in [9.17, 15) is 14.3 Å². The highest BCUT2D eigenvalue weighted by Gasteiger charge is 2.39. The lowest BCUT2D eigenvalue weighted by molar-refractivity contribution is -0.147. The second kappa shape index (κ2) is 5.34. The van der Waals surface area contributed by atoms with Crippen LogP contribution < -0.4 is 0 Å². The number of likely N-dealkylation sites (tertiary alicyclic amines) is 1. The molecule has 2 rings (SSSR count). The third-order valence-electron chi connectivity index (χ3n) is 4.49. The third kappa shape index (κ3) is 2.97. The van der Waals surface area contributed by atoms with Gasteiger partial charge in [0.05, 0.1) is 5.92 Å². The molecule has 1 aliphatic carbocycles. The summed E-state index contributed by atoms with van der Waals surface area (Å²) in [5.41, 5.74) is 0. The molecule has 2 atom stereocenters. The maximum Gasteiger partial charge on any atom is 0.308 e. The fourth-order valence-corrected chi connectivity index (χ4v) is 3.47. The Morgan fingerprint density at radius 3 is 2.47 bits per heavy atom. The third-order valence-corrected chi connectivity index (χ3v) is 4.49. The molecule has 0 radical (unpaired) electrons. The van der Waals surface area contributed by atoms with Crippen molar-refractivity contribution in [2.45, 2.75) is 38.3 Å². The molecule has 0 amide bonds. The highest BCUT2D eigenvalue weighted by atomic mass is 19.1. The Kier molecular flexibility index (Phi) is 4.02. The van der Waals surface area contributed by atoms with Gasteiger partial charge in [0.1, 0.15) is 6.17 Å². The number of carbonyl (C=O) groups is 1. The number of piperidine rings is 1. The molecule has 2 aliphatic rings. The van der Waals surface area contributed by atoms with Crippen molar-refractivity contribution in [1.82, 2.24) is 4.90 Å². The van der Waals surface area contributed by atoms with Gasteiger partial charge in [0.25, 0.3) is 0 Å². The highest BCUT2D eigenvalue weighted by Crippen LogP contribution is 2.39. The summed E-state index contributed by atoms with van der Waals surface area (Å²) in [7, 11) is 1.98. The number of rotatable bonds is 2. The number of halogens is 1. The number of hydrogen-bond acceptors (Lipinski definition) is 2. The predicted molar refractivity (Wildman–Crippen MR) is 63.6 cm³/mol. The Hall–Kier alpha value is -0.640. The van der Waals surface area contributed by atoms with Crippen LogP contribution in [0.1, 0.15) is 32.1 Å². The summed E-state index contributed by atoms with van der Waals surface area (Å²) in [6.45, 7) is 1.62. The molecule has 1 aliphatic heterocycles. The molecule has 0 aromatic heterocycles. The lowest BCUT2D eigenvalue weighted by atomic mass is 9.70. The first kappa shape index (κ1) is 12.8. The van der Waals surface area contributed by atoms with E-state index >= 15 is 0 Å². The van der Waals surface area contributed by atoms with E-state index in [2.05, 4.69) is 4.90 Å². The standard InChI is InChI=1S/C13H22FNO2/c1-15-7-6-11(12(8-15)13(16)17)9-2-4-10(14)5-3-9/h9-12H,2-8H2,1H3,(H,16,17)/t9?,10?,11?,12-/m0/s1. The summed E-state index contributed by atoms with van der Waals surface area (Å²) in [6.07, 6.45) is 3.31. The maximum absolute atomic E-state index is 13.1. The minimum atomic E-state index is -0.677. The van der Waals surface area contributed by atoms with Gasteiger partial charge in [-0.05, 0) is 57.5 Å². The molecule has 1 N–H and O–H groups in total. The SMILES string of the molecule is CN1CCC(C2CCC(F)CC2)[C@@H](C(=O)O)C1. The van der Waals surface area contributed by atoms with Crippen molar-refractivity contribution in [2.24, 2.45) is 17.8 Å². The van der Waals surface area contributed by atoms with E-state index in [1.807, 2.05) is 7.05 Å². The van der Waals surface area contributed by atoms with Crippen molar-refractivity contribution in [3.05, 3.63) is 0 Å². The molecule has 1 unspecified atom stereocenters. The summed E-state index contributed by atoms with van der Waals surface area (Å²) in [4.78, 5) is 13.4. The zero-order valence-corrected chi connectivity index (χ0v) is 10.4. The average molecular weight is 243 g/mol. The molecule has 1 saturated carbocycles. The van der Waals surface area contributed by atoms with Crippen LogP contribution in [-0.4, -0.2) is 42.3 Å². The molecule has 1 saturated heterocycles. The number of alkyl halides is 1. The minimum Gasteiger partial charge on any atom is -0.481 e. The molecular formula is C13H22FNO2. The van der Waals surface area contributed by atoms with Gasteiger partial charge in [-0.25, -0.2) is 4.39 Å². The van der Waals surface area contributed by atoms with Crippen LogP contribution in [0.25, 0.3) is 0 Å². The number of carboxylic acid groups (broad SMARTS) is 1. The summed E-state index contributed by atoms with van der Waals surface area (Å²) in [6, 6.07) is 0. The van der Waals surface area contributed by atoms with E-state index in [1.165, 1.54) is 0 Å². The van der Waals surface area contributed by atoms with Gasteiger partial charge in [-0.1, -0.05) is 0 Å². The molecule has 0 spiro atoms. The normalized spacial score (nSPS) is 40.1. The van der Waals surface area contributed by atoms with Crippen LogP contribution in [0.2, 0.25) is 0 Å². The number of hydrogen-bond donors (Lipinski definition) is 1. The molecule has 4 heteroatoms. The minimum absolute atomic E-state index is 0.255. The van der Waals surface area contributed by atoms with E-state index in [0.29, 0.717) is 25.3 Å². The van der Waals surface area contributed by atoms with Gasteiger partial charge < -0.3 is 10.0 Å². The molecule has 2 fully saturated rings. The Morgan fingerprint density at radius 1 is 1.24 bits per heavy atom. The molecule has 0 aromatic rings. The van der Waals surface area contributed by atoms with Gasteiger partial charge in [0, 0.05) is 6.54 Å². The van der Waals surface area contributed by atoms with Crippen LogP contribution in [0.3, 0.4) is 0 Å². The molecule has 98 valence electrons. The number of aliphatic carboxylic acids is 1. The topological polar surface area (TPSA) is 40.5 Å². The van der Waals surface area contributed by atoms with Crippen LogP contribution in [0.5, 0.6) is 0 Å². The lowest BCUT2D eigenvalue weighted by Crippen LogP contribution is -2.45. The van der Waals surface area contributed by atoms with Crippen molar-refractivity contribution < 1.29 is 14.3 Å². The average Bonchev–Trinajstić information content (AvgIpc) is 2.30. The van der Waals surface area contributed by atoms with E-state index in [4.69, 9.17) is 0 Å². The number of nitrogens with zero attached hydrogens (tertiary/aromatic N) is 1. The Bertz CT molecular complexity index is 277. The first-order valence-corrected chi connectivity index (χ1v) is 6.63. The maximum atomic E-state index is 13.1. The van der Waals surface area contributed by atoms with Crippen LogP contribution in [-0.2, 0) is 4.79 Å². The summed E-state index contributed by atoms with van der Waals surface area (Å²) < 4.78 is 13.1. The van der Waals surface area contributed by atoms with Crippen molar-refractivity contribution in [3.8, 4) is 0 Å². The van der Waals surface area contributed by atoms with Gasteiger partial charge in [-0.3, -0.25) is 4.79 Å². The summed E-state index contributed by atoms with van der Waals surface area (Å²) in [5, 5.41) is 9.31. The van der Waals surface area contributed by atoms with Crippen molar-refractivity contribution in [2.75, 3.05) is 20.1 Å². The smallest absolute Gasteiger partial charge is 0.308 e. The predicted octanol–water partition coefficient (Wildman–Crippen LogP) is 2.17. The van der Waals surface area contributed by atoms with Crippen molar-refractivity contribution in [1.29, 1.82) is 0 Å². The summed E-state index contributed by atoms with van der Waals surface area (Å²) >= 11 is 0. The van der Waals surface area contributed by atoms with E-state index in [-0.39, 0.29) is 11.8 Å². The molecule has 17 heavy (non-hydrogen) atoms. The van der Waals surface area contributed by atoms with Crippen molar-refractivity contribution >= 4 is 5.97 Å². The molecule has 0 bridgehead atoms. The molecule has 1 heterocycles. The van der Waals surface area contributed by atoms with Crippen molar-refractivity contribution in [3.63, 3.8) is 0 Å². The first-order chi connectivity index (χ1) is 8.08. The molecular weight excluding hydrogens is 221 g/mol. The highest BCUT2D eigenvalue weighted by molar-refractivity contribution is 5.70. The first-order valence-electron chi connectivity index (χ1n) is 6.63. The van der Waals surface area contributed by atoms with Crippen LogP contribution >= 0.6 is 0 Å².